The Bertz CT molecular complexity index is 194. The molecule has 0 radical (unpaired) electrons. The number of nitrogens with zero attached hydrogens (tertiary/aromatic N) is 1. The maximum Gasteiger partial charge on any atom is 0.0610 e. The molecule has 3 nitrogen and oxygen atoms in total. The molecular weight excluding hydrogens is 200 g/mol. The van der Waals surface area contributed by atoms with E-state index >= 15 is 0 Å². The minimum absolute atomic E-state index is 0.128. The van der Waals surface area contributed by atoms with Gasteiger partial charge >= 0.3 is 0 Å². The summed E-state index contributed by atoms with van der Waals surface area (Å²) in [5.74, 6) is 0. The smallest absolute Gasteiger partial charge is 0.0610 e. The molecule has 96 valence electrons. The lowest BCUT2D eigenvalue weighted by atomic mass is 9.94. The molecule has 0 aromatic carbocycles. The van der Waals surface area contributed by atoms with Crippen LogP contribution in [0.4, 0.5) is 0 Å². The molecule has 2 N–H and O–H groups in total. The molecule has 1 fully saturated rings. The van der Waals surface area contributed by atoms with Crippen molar-refractivity contribution in [1.29, 1.82) is 0 Å². The topological polar surface area (TPSA) is 35.5 Å². The molecule has 0 aromatic heterocycles. The molecule has 1 aliphatic heterocycles. The van der Waals surface area contributed by atoms with Gasteiger partial charge in [-0.2, -0.15) is 0 Å². The number of rotatable bonds is 5. The second-order valence-electron chi connectivity index (χ2n) is 5.59. The number of hydrogen-bond acceptors (Lipinski definition) is 3. The van der Waals surface area contributed by atoms with E-state index in [0.717, 1.165) is 13.0 Å². The van der Waals surface area contributed by atoms with E-state index < -0.39 is 0 Å². The van der Waals surface area contributed by atoms with Crippen LogP contribution in [0.2, 0.25) is 0 Å². The summed E-state index contributed by atoms with van der Waals surface area (Å²) in [6, 6.07) is 1.40. The molecule has 0 amide bonds. The predicted molar refractivity (Wildman–Crippen MR) is 68.6 cm³/mol. The molecule has 1 rings (SSSR count). The van der Waals surface area contributed by atoms with Crippen LogP contribution in [0.25, 0.3) is 0 Å². The first-order chi connectivity index (χ1) is 7.52. The Kier molecular flexibility index (Phi) is 5.22. The van der Waals surface area contributed by atoms with Gasteiger partial charge in [0.2, 0.25) is 0 Å². The van der Waals surface area contributed by atoms with Gasteiger partial charge < -0.3 is 10.4 Å². The van der Waals surface area contributed by atoms with Gasteiger partial charge in [0.1, 0.15) is 0 Å². The summed E-state index contributed by atoms with van der Waals surface area (Å²) in [4.78, 5) is 2.59. The average Bonchev–Trinajstić information content (AvgIpc) is 2.28. The highest BCUT2D eigenvalue weighted by Crippen LogP contribution is 2.23. The molecule has 1 heterocycles. The minimum atomic E-state index is -0.128. The fourth-order valence-corrected chi connectivity index (χ4v) is 2.57. The lowest BCUT2D eigenvalue weighted by molar-refractivity contribution is 0.0800. The number of piperidine rings is 1. The molecule has 0 aromatic rings. The fourth-order valence-electron chi connectivity index (χ4n) is 2.57. The van der Waals surface area contributed by atoms with Crippen LogP contribution in [0, 0.1) is 0 Å². The second kappa shape index (κ2) is 5.99. The van der Waals surface area contributed by atoms with Crippen molar-refractivity contribution in [2.75, 3.05) is 20.2 Å². The average molecular weight is 228 g/mol. The fraction of sp³-hybridized carbons (Fsp3) is 1.00. The molecule has 0 spiro atoms. The Labute approximate surface area is 100 Å². The lowest BCUT2D eigenvalue weighted by Gasteiger charge is -2.41. The van der Waals surface area contributed by atoms with Crippen molar-refractivity contribution in [3.05, 3.63) is 0 Å². The van der Waals surface area contributed by atoms with Crippen LogP contribution in [-0.4, -0.2) is 47.8 Å². The third kappa shape index (κ3) is 3.44. The lowest BCUT2D eigenvalue weighted by Crippen LogP contribution is -2.50. The number of hydrogen-bond donors (Lipinski definition) is 2. The first-order valence-corrected chi connectivity index (χ1v) is 6.58. The number of likely N-dealkylation sites (N-methyl/N-ethyl adjacent to an activating group) is 1. The molecule has 3 heteroatoms. The zero-order valence-corrected chi connectivity index (χ0v) is 11.3. The van der Waals surface area contributed by atoms with E-state index in [1.165, 1.54) is 19.3 Å². The molecule has 3 atom stereocenters. The Morgan fingerprint density at radius 2 is 1.88 bits per heavy atom. The van der Waals surface area contributed by atoms with Crippen LogP contribution < -0.4 is 5.32 Å². The molecule has 0 saturated carbocycles. The molecule has 0 bridgehead atoms. The standard InChI is InChI=1S/C13H28N2O/c1-11-6-5-7-12(2)15(11)9-8-13(3,10-16)14-4/h11-12,14,16H,5-10H2,1-4H3. The largest absolute Gasteiger partial charge is 0.394 e. The normalized spacial score (nSPS) is 31.3. The van der Waals surface area contributed by atoms with Crippen LogP contribution in [-0.2, 0) is 0 Å². The van der Waals surface area contributed by atoms with Gasteiger partial charge in [-0.15, -0.1) is 0 Å². The number of aliphatic hydroxyl groups is 1. The SMILES string of the molecule is CNC(C)(CO)CCN1C(C)CCCC1C. The number of nitrogens with one attached hydrogen (secondary N) is 1. The van der Waals surface area contributed by atoms with Crippen LogP contribution in [0.5, 0.6) is 0 Å². The van der Waals surface area contributed by atoms with Crippen LogP contribution in [0.1, 0.15) is 46.5 Å². The Hall–Kier alpha value is -0.120. The third-order valence-corrected chi connectivity index (χ3v) is 4.25. The Morgan fingerprint density at radius 1 is 1.31 bits per heavy atom. The highest BCUT2D eigenvalue weighted by Gasteiger charge is 2.27. The molecule has 0 aliphatic carbocycles. The van der Waals surface area contributed by atoms with Crippen molar-refractivity contribution < 1.29 is 5.11 Å². The minimum Gasteiger partial charge on any atom is -0.394 e. The van der Waals surface area contributed by atoms with Crippen molar-refractivity contribution in [1.82, 2.24) is 10.2 Å². The molecule has 3 unspecified atom stereocenters. The molecular formula is C13H28N2O. The Morgan fingerprint density at radius 3 is 2.31 bits per heavy atom. The van der Waals surface area contributed by atoms with Crippen molar-refractivity contribution in [2.45, 2.75) is 64.1 Å². The molecule has 1 saturated heterocycles. The van der Waals surface area contributed by atoms with E-state index in [0.29, 0.717) is 12.1 Å². The van der Waals surface area contributed by atoms with Crippen molar-refractivity contribution in [2.24, 2.45) is 0 Å². The van der Waals surface area contributed by atoms with Crippen LogP contribution >= 0.6 is 0 Å². The van der Waals surface area contributed by atoms with Gasteiger partial charge in [0.25, 0.3) is 0 Å². The third-order valence-electron chi connectivity index (χ3n) is 4.25. The maximum atomic E-state index is 9.37. The summed E-state index contributed by atoms with van der Waals surface area (Å²) in [5.41, 5.74) is -0.128. The van der Waals surface area contributed by atoms with Gasteiger partial charge in [0.15, 0.2) is 0 Å². The van der Waals surface area contributed by atoms with Gasteiger partial charge in [-0.3, -0.25) is 4.90 Å². The quantitative estimate of drug-likeness (QED) is 0.750. The number of aliphatic hydroxyl groups excluding tert-OH is 1. The van der Waals surface area contributed by atoms with Crippen molar-refractivity contribution in [3.8, 4) is 0 Å². The summed E-state index contributed by atoms with van der Waals surface area (Å²) < 4.78 is 0. The summed E-state index contributed by atoms with van der Waals surface area (Å²) in [7, 11) is 1.93. The van der Waals surface area contributed by atoms with E-state index in [1.807, 2.05) is 7.05 Å². The van der Waals surface area contributed by atoms with Gasteiger partial charge in [-0.05, 0) is 47.1 Å². The predicted octanol–water partition coefficient (Wildman–Crippen LogP) is 1.61. The molecule has 1 aliphatic rings. The van der Waals surface area contributed by atoms with Crippen molar-refractivity contribution in [3.63, 3.8) is 0 Å². The van der Waals surface area contributed by atoms with Crippen LogP contribution in [0.15, 0.2) is 0 Å². The van der Waals surface area contributed by atoms with E-state index in [2.05, 4.69) is 31.0 Å². The number of likely N-dealkylation sites (tertiary alicyclic amines) is 1. The first kappa shape index (κ1) is 13.9. The van der Waals surface area contributed by atoms with E-state index in [4.69, 9.17) is 0 Å². The second-order valence-corrected chi connectivity index (χ2v) is 5.59. The summed E-state index contributed by atoms with van der Waals surface area (Å²) in [6.07, 6.45) is 5.01. The van der Waals surface area contributed by atoms with Gasteiger partial charge in [-0.25, -0.2) is 0 Å². The summed E-state index contributed by atoms with van der Waals surface area (Å²) in [6.45, 7) is 8.03. The maximum absolute atomic E-state index is 9.37. The van der Waals surface area contributed by atoms with Gasteiger partial charge in [0, 0.05) is 24.2 Å². The van der Waals surface area contributed by atoms with E-state index in [-0.39, 0.29) is 12.1 Å². The zero-order valence-electron chi connectivity index (χ0n) is 11.3. The van der Waals surface area contributed by atoms with Crippen LogP contribution in [0.3, 0.4) is 0 Å². The monoisotopic (exact) mass is 228 g/mol. The highest BCUT2D eigenvalue weighted by molar-refractivity contribution is 4.85. The zero-order chi connectivity index (χ0) is 12.2. The van der Waals surface area contributed by atoms with Crippen molar-refractivity contribution >= 4 is 0 Å². The van der Waals surface area contributed by atoms with Gasteiger partial charge in [0.05, 0.1) is 6.61 Å². The van der Waals surface area contributed by atoms with E-state index in [9.17, 15) is 5.11 Å². The van der Waals surface area contributed by atoms with Gasteiger partial charge in [-0.1, -0.05) is 6.42 Å². The first-order valence-electron chi connectivity index (χ1n) is 6.58. The Balaban J connectivity index is 2.46. The van der Waals surface area contributed by atoms with E-state index in [1.54, 1.807) is 0 Å². The summed E-state index contributed by atoms with van der Waals surface area (Å²) in [5, 5.41) is 12.6. The summed E-state index contributed by atoms with van der Waals surface area (Å²) >= 11 is 0. The highest BCUT2D eigenvalue weighted by atomic mass is 16.3. The molecule has 16 heavy (non-hydrogen) atoms.